The fraction of sp³-hybridized carbons (Fsp3) is 0.267. The summed E-state index contributed by atoms with van der Waals surface area (Å²) < 4.78 is 0. The Morgan fingerprint density at radius 2 is 2.05 bits per heavy atom. The topological polar surface area (TPSA) is 86.7 Å². The summed E-state index contributed by atoms with van der Waals surface area (Å²) in [6.45, 7) is 1.04. The van der Waals surface area contributed by atoms with E-state index in [1.54, 1.807) is 24.3 Å². The predicted molar refractivity (Wildman–Crippen MR) is 78.0 cm³/mol. The zero-order valence-corrected chi connectivity index (χ0v) is 11.6. The molecular weight excluding hydrogens is 272 g/mol. The molecular formula is C15H16N2O4. The number of benzene rings is 1. The van der Waals surface area contributed by atoms with E-state index in [2.05, 4.69) is 11.2 Å². The van der Waals surface area contributed by atoms with E-state index in [4.69, 9.17) is 11.5 Å². The molecule has 110 valence electrons. The van der Waals surface area contributed by atoms with Crippen LogP contribution in [0.5, 0.6) is 0 Å². The molecule has 0 radical (unpaired) electrons. The van der Waals surface area contributed by atoms with Gasteiger partial charge in [-0.3, -0.25) is 19.3 Å². The average molecular weight is 288 g/mol. The number of rotatable bonds is 7. The fourth-order valence-electron chi connectivity index (χ4n) is 1.71. The quantitative estimate of drug-likeness (QED) is 0.573. The molecule has 1 aromatic rings. The smallest absolute Gasteiger partial charge is 0.317 e. The van der Waals surface area contributed by atoms with Crippen LogP contribution in [0.1, 0.15) is 17.3 Å². The van der Waals surface area contributed by atoms with Gasteiger partial charge < -0.3 is 10.4 Å². The van der Waals surface area contributed by atoms with E-state index in [0.29, 0.717) is 11.3 Å². The number of aliphatic carboxylic acids is 1. The minimum Gasteiger partial charge on any atom is -0.480 e. The first kappa shape index (κ1) is 16.4. The monoisotopic (exact) mass is 288 g/mol. The van der Waals surface area contributed by atoms with Gasteiger partial charge in [-0.2, -0.15) is 0 Å². The molecule has 0 heterocycles. The Morgan fingerprint density at radius 1 is 1.33 bits per heavy atom. The fourth-order valence-corrected chi connectivity index (χ4v) is 1.71. The van der Waals surface area contributed by atoms with Crippen molar-refractivity contribution in [2.75, 3.05) is 25.0 Å². The zero-order valence-electron chi connectivity index (χ0n) is 11.6. The highest BCUT2D eigenvalue weighted by molar-refractivity contribution is 5.97. The minimum atomic E-state index is -1.06. The standard InChI is InChI=1S/C15H16N2O4/c1-3-7-17(10-15(20)21)9-14(19)16-13-6-4-5-12(8-13)11(2)18/h1,4-6,8H,7,9-10H2,2H3,(H,16,19)(H,20,21). The number of carboxylic acids is 1. The first-order valence-corrected chi connectivity index (χ1v) is 6.21. The van der Waals surface area contributed by atoms with Gasteiger partial charge in [0.2, 0.25) is 5.91 Å². The van der Waals surface area contributed by atoms with E-state index < -0.39 is 11.9 Å². The number of carbonyl (C=O) groups is 3. The lowest BCUT2D eigenvalue weighted by molar-refractivity contribution is -0.138. The lowest BCUT2D eigenvalue weighted by Gasteiger charge is -2.16. The maximum Gasteiger partial charge on any atom is 0.317 e. The molecule has 1 aromatic carbocycles. The Bertz CT molecular complexity index is 590. The molecule has 0 aliphatic heterocycles. The molecule has 0 fully saturated rings. The highest BCUT2D eigenvalue weighted by Crippen LogP contribution is 2.11. The van der Waals surface area contributed by atoms with Gasteiger partial charge in [-0.1, -0.05) is 18.1 Å². The second-order valence-electron chi connectivity index (χ2n) is 4.43. The summed E-state index contributed by atoms with van der Waals surface area (Å²) in [7, 11) is 0. The highest BCUT2D eigenvalue weighted by Gasteiger charge is 2.13. The summed E-state index contributed by atoms with van der Waals surface area (Å²) in [6.07, 6.45) is 5.13. The van der Waals surface area contributed by atoms with Crippen LogP contribution in [0.4, 0.5) is 5.69 Å². The van der Waals surface area contributed by atoms with Crippen LogP contribution in [0.3, 0.4) is 0 Å². The highest BCUT2D eigenvalue weighted by atomic mass is 16.4. The number of amides is 1. The first-order chi connectivity index (χ1) is 9.92. The number of anilines is 1. The Hall–Kier alpha value is -2.65. The van der Waals surface area contributed by atoms with Gasteiger partial charge in [-0.25, -0.2) is 0 Å². The van der Waals surface area contributed by atoms with Crippen LogP contribution >= 0.6 is 0 Å². The third kappa shape index (κ3) is 5.89. The Kier molecular flexibility index (Phi) is 6.11. The largest absolute Gasteiger partial charge is 0.480 e. The molecule has 0 unspecified atom stereocenters. The molecule has 0 aliphatic rings. The Morgan fingerprint density at radius 3 is 2.62 bits per heavy atom. The van der Waals surface area contributed by atoms with Gasteiger partial charge in [0.05, 0.1) is 19.6 Å². The number of carboxylic acid groups (broad SMARTS) is 1. The number of hydrogen-bond donors (Lipinski definition) is 2. The molecule has 0 aliphatic carbocycles. The number of nitrogens with zero attached hydrogens (tertiary/aromatic N) is 1. The number of ketones is 1. The molecule has 0 atom stereocenters. The van der Waals surface area contributed by atoms with Crippen LogP contribution in [0.25, 0.3) is 0 Å². The predicted octanol–water partition coefficient (Wildman–Crippen LogP) is 0.847. The number of Topliss-reactive ketones (excluding diaryl/α,β-unsaturated/α-hetero) is 1. The summed E-state index contributed by atoms with van der Waals surface area (Å²) in [4.78, 5) is 35.1. The van der Waals surface area contributed by atoms with E-state index in [9.17, 15) is 14.4 Å². The molecule has 1 rings (SSSR count). The van der Waals surface area contributed by atoms with Crippen LogP contribution < -0.4 is 5.32 Å². The van der Waals surface area contributed by atoms with Gasteiger partial charge >= 0.3 is 5.97 Å². The molecule has 0 aromatic heterocycles. The van der Waals surface area contributed by atoms with Crippen LogP contribution in [-0.4, -0.2) is 47.3 Å². The molecule has 6 nitrogen and oxygen atoms in total. The van der Waals surface area contributed by atoms with Crippen LogP contribution in [0.15, 0.2) is 24.3 Å². The maximum atomic E-state index is 11.9. The van der Waals surface area contributed by atoms with Crippen LogP contribution in [-0.2, 0) is 9.59 Å². The van der Waals surface area contributed by atoms with Crippen LogP contribution in [0.2, 0.25) is 0 Å². The molecule has 2 N–H and O–H groups in total. The number of hydrogen-bond acceptors (Lipinski definition) is 4. The van der Waals surface area contributed by atoms with Gasteiger partial charge in [0.1, 0.15) is 0 Å². The van der Waals surface area contributed by atoms with Crippen molar-refractivity contribution in [1.82, 2.24) is 4.90 Å². The van der Waals surface area contributed by atoms with Crippen LogP contribution in [0, 0.1) is 12.3 Å². The summed E-state index contributed by atoms with van der Waals surface area (Å²) in [5.74, 6) is 0.744. The van der Waals surface area contributed by atoms with E-state index >= 15 is 0 Å². The number of terminal acetylenes is 1. The zero-order chi connectivity index (χ0) is 15.8. The minimum absolute atomic E-state index is 0.0627. The third-order valence-corrected chi connectivity index (χ3v) is 2.59. The van der Waals surface area contributed by atoms with E-state index in [1.165, 1.54) is 11.8 Å². The van der Waals surface area contributed by atoms with E-state index in [1.807, 2.05) is 0 Å². The van der Waals surface area contributed by atoms with E-state index in [-0.39, 0.29) is 25.4 Å². The molecule has 0 saturated heterocycles. The molecule has 6 heteroatoms. The Balaban J connectivity index is 2.67. The Labute approximate surface area is 122 Å². The van der Waals surface area contributed by atoms with Crippen molar-refractivity contribution in [3.8, 4) is 12.3 Å². The average Bonchev–Trinajstić information content (AvgIpc) is 2.38. The third-order valence-electron chi connectivity index (χ3n) is 2.59. The lowest BCUT2D eigenvalue weighted by atomic mass is 10.1. The maximum absolute atomic E-state index is 11.9. The number of carbonyl (C=O) groups excluding carboxylic acids is 2. The molecule has 0 saturated carbocycles. The molecule has 0 bridgehead atoms. The SMILES string of the molecule is C#CCN(CC(=O)O)CC(=O)Nc1cccc(C(C)=O)c1. The van der Waals surface area contributed by atoms with Gasteiger partial charge in [0, 0.05) is 11.3 Å². The van der Waals surface area contributed by atoms with Crippen molar-refractivity contribution >= 4 is 23.3 Å². The normalized spacial score (nSPS) is 9.95. The van der Waals surface area contributed by atoms with Crippen molar-refractivity contribution in [3.63, 3.8) is 0 Å². The lowest BCUT2D eigenvalue weighted by Crippen LogP contribution is -2.37. The van der Waals surface area contributed by atoms with Crippen molar-refractivity contribution in [3.05, 3.63) is 29.8 Å². The van der Waals surface area contributed by atoms with Crippen molar-refractivity contribution in [2.24, 2.45) is 0 Å². The summed E-state index contributed by atoms with van der Waals surface area (Å²) in [5.41, 5.74) is 0.961. The summed E-state index contributed by atoms with van der Waals surface area (Å²) in [6, 6.07) is 6.51. The molecule has 21 heavy (non-hydrogen) atoms. The van der Waals surface area contributed by atoms with Gasteiger partial charge in [-0.05, 0) is 19.1 Å². The second-order valence-corrected chi connectivity index (χ2v) is 4.43. The van der Waals surface area contributed by atoms with Crippen molar-refractivity contribution in [1.29, 1.82) is 0 Å². The van der Waals surface area contributed by atoms with Crippen molar-refractivity contribution in [2.45, 2.75) is 6.92 Å². The molecule has 1 amide bonds. The number of nitrogens with one attached hydrogen (secondary N) is 1. The summed E-state index contributed by atoms with van der Waals surface area (Å²) >= 11 is 0. The second kappa shape index (κ2) is 7.82. The summed E-state index contributed by atoms with van der Waals surface area (Å²) in [5, 5.41) is 11.3. The molecule has 0 spiro atoms. The van der Waals surface area contributed by atoms with Gasteiger partial charge in [0.15, 0.2) is 5.78 Å². The van der Waals surface area contributed by atoms with Crippen molar-refractivity contribution < 1.29 is 19.5 Å². The first-order valence-electron chi connectivity index (χ1n) is 6.21. The van der Waals surface area contributed by atoms with Gasteiger partial charge in [0.25, 0.3) is 0 Å². The van der Waals surface area contributed by atoms with Gasteiger partial charge in [-0.15, -0.1) is 6.42 Å². The van der Waals surface area contributed by atoms with E-state index in [0.717, 1.165) is 0 Å².